The summed E-state index contributed by atoms with van der Waals surface area (Å²) in [6.07, 6.45) is -4.53. The van der Waals surface area contributed by atoms with Crippen molar-refractivity contribution in [1.82, 2.24) is 5.32 Å². The monoisotopic (exact) mass is 368 g/mol. The molecule has 0 atom stereocenters. The molecule has 0 aliphatic rings. The van der Waals surface area contributed by atoms with Crippen LogP contribution in [0.1, 0.15) is 22.8 Å². The van der Waals surface area contributed by atoms with Crippen LogP contribution in [0.25, 0.3) is 0 Å². The first-order valence-electron chi connectivity index (χ1n) is 7.32. The van der Waals surface area contributed by atoms with E-state index in [2.05, 4.69) is 10.6 Å². The third kappa shape index (κ3) is 5.18. The fraction of sp³-hybridized carbons (Fsp3) is 0.176. The van der Waals surface area contributed by atoms with Crippen LogP contribution in [0, 0.1) is 0 Å². The first kappa shape index (κ1) is 18.7. The van der Waals surface area contributed by atoms with Crippen LogP contribution in [-0.4, -0.2) is 17.6 Å². The Kier molecular flexibility index (Phi) is 5.97. The van der Waals surface area contributed by atoms with Crippen LogP contribution in [0.4, 0.5) is 18.9 Å². The Hall–Kier alpha value is -2.61. The van der Waals surface area contributed by atoms with Crippen molar-refractivity contribution in [3.8, 4) is 5.75 Å². The summed E-state index contributed by atoms with van der Waals surface area (Å²) in [6, 6.07) is 11.2. The maximum Gasteiger partial charge on any atom is 0.418 e. The Balaban J connectivity index is 2.04. The van der Waals surface area contributed by atoms with Gasteiger partial charge in [-0.1, -0.05) is 12.1 Å². The zero-order chi connectivity index (χ0) is 18.4. The molecule has 0 spiro atoms. The van der Waals surface area contributed by atoms with Gasteiger partial charge >= 0.3 is 6.18 Å². The molecule has 0 saturated carbocycles. The number of carbonyl (C=O) groups is 1. The zero-order valence-electron chi connectivity index (χ0n) is 13.2. The summed E-state index contributed by atoms with van der Waals surface area (Å²) in [4.78, 5) is 12.1. The average Bonchev–Trinajstić information content (AvgIpc) is 2.55. The molecule has 0 aliphatic heterocycles. The van der Waals surface area contributed by atoms with Gasteiger partial charge in [-0.05, 0) is 55.5 Å². The number of anilines is 1. The Morgan fingerprint density at radius 3 is 2.36 bits per heavy atom. The predicted molar refractivity (Wildman–Crippen MR) is 92.7 cm³/mol. The molecule has 0 saturated heterocycles. The number of alkyl halides is 3. The van der Waals surface area contributed by atoms with Gasteiger partial charge < -0.3 is 10.1 Å². The highest BCUT2D eigenvalue weighted by Gasteiger charge is 2.33. The third-order valence-corrected chi connectivity index (χ3v) is 3.34. The maximum atomic E-state index is 12.9. The van der Waals surface area contributed by atoms with Gasteiger partial charge in [0.15, 0.2) is 5.11 Å². The van der Waals surface area contributed by atoms with Gasteiger partial charge in [0.1, 0.15) is 5.75 Å². The molecule has 0 aromatic heterocycles. The molecule has 0 unspecified atom stereocenters. The summed E-state index contributed by atoms with van der Waals surface area (Å²) in [5.74, 6) is 0.0731. The number of hydrogen-bond donors (Lipinski definition) is 2. The van der Waals surface area contributed by atoms with Gasteiger partial charge in [-0.3, -0.25) is 10.1 Å². The summed E-state index contributed by atoms with van der Waals surface area (Å²) in [5.41, 5.74) is -0.795. The van der Waals surface area contributed by atoms with E-state index in [1.807, 2.05) is 6.92 Å². The molecule has 1 amide bonds. The van der Waals surface area contributed by atoms with Crippen molar-refractivity contribution >= 4 is 28.9 Å². The van der Waals surface area contributed by atoms with Crippen molar-refractivity contribution in [3.05, 3.63) is 59.7 Å². The molecule has 0 aliphatic carbocycles. The largest absolute Gasteiger partial charge is 0.494 e. The number of rotatable bonds is 4. The standard InChI is InChI=1S/C17H15F3N2O2S/c1-2-24-12-9-7-11(8-10-12)15(23)22-16(25)21-14-6-4-3-5-13(14)17(18,19)20/h3-10H,2H2,1H3,(H2,21,22,23,25). The first-order valence-corrected chi connectivity index (χ1v) is 7.73. The second-order valence-electron chi connectivity index (χ2n) is 4.91. The number of halogens is 3. The topological polar surface area (TPSA) is 50.4 Å². The van der Waals surface area contributed by atoms with Gasteiger partial charge in [0.05, 0.1) is 17.9 Å². The Morgan fingerprint density at radius 1 is 1.12 bits per heavy atom. The van der Waals surface area contributed by atoms with E-state index in [0.29, 0.717) is 17.9 Å². The molecule has 0 fully saturated rings. The molecular formula is C17H15F3N2O2S. The molecule has 2 N–H and O–H groups in total. The van der Waals surface area contributed by atoms with E-state index in [9.17, 15) is 18.0 Å². The van der Waals surface area contributed by atoms with E-state index in [0.717, 1.165) is 6.07 Å². The van der Waals surface area contributed by atoms with Crippen LogP contribution in [0.15, 0.2) is 48.5 Å². The Bertz CT molecular complexity index is 761. The van der Waals surface area contributed by atoms with Crippen LogP contribution in [0.2, 0.25) is 0 Å². The second kappa shape index (κ2) is 7.98. The van der Waals surface area contributed by atoms with E-state index < -0.39 is 17.6 Å². The highest BCUT2D eigenvalue weighted by atomic mass is 32.1. The summed E-state index contributed by atoms with van der Waals surface area (Å²) < 4.78 is 44.1. The summed E-state index contributed by atoms with van der Waals surface area (Å²) in [6.45, 7) is 2.33. The molecule has 0 radical (unpaired) electrons. The van der Waals surface area contributed by atoms with E-state index in [-0.39, 0.29) is 10.8 Å². The lowest BCUT2D eigenvalue weighted by Crippen LogP contribution is -2.34. The summed E-state index contributed by atoms with van der Waals surface area (Å²) in [5, 5.41) is 4.53. The molecule has 2 aromatic carbocycles. The van der Waals surface area contributed by atoms with Gasteiger partial charge in [0.2, 0.25) is 0 Å². The van der Waals surface area contributed by atoms with Crippen molar-refractivity contribution in [2.24, 2.45) is 0 Å². The fourth-order valence-corrected chi connectivity index (χ4v) is 2.24. The van der Waals surface area contributed by atoms with Crippen molar-refractivity contribution in [1.29, 1.82) is 0 Å². The number of ether oxygens (including phenoxy) is 1. The smallest absolute Gasteiger partial charge is 0.418 e. The number of hydrogen-bond acceptors (Lipinski definition) is 3. The van der Waals surface area contributed by atoms with Crippen molar-refractivity contribution in [3.63, 3.8) is 0 Å². The molecule has 0 bridgehead atoms. The third-order valence-electron chi connectivity index (χ3n) is 3.14. The molecule has 25 heavy (non-hydrogen) atoms. The number of thiocarbonyl (C=S) groups is 1. The normalized spacial score (nSPS) is 10.9. The summed E-state index contributed by atoms with van der Waals surface area (Å²) in [7, 11) is 0. The molecule has 2 rings (SSSR count). The molecule has 132 valence electrons. The lowest BCUT2D eigenvalue weighted by atomic mass is 10.1. The first-order chi connectivity index (χ1) is 11.8. The zero-order valence-corrected chi connectivity index (χ0v) is 14.0. The van der Waals surface area contributed by atoms with Gasteiger partial charge in [-0.2, -0.15) is 13.2 Å². The van der Waals surface area contributed by atoms with Gasteiger partial charge in [-0.15, -0.1) is 0 Å². The highest BCUT2D eigenvalue weighted by molar-refractivity contribution is 7.80. The summed E-state index contributed by atoms with van der Waals surface area (Å²) >= 11 is 4.93. The lowest BCUT2D eigenvalue weighted by Gasteiger charge is -2.15. The lowest BCUT2D eigenvalue weighted by molar-refractivity contribution is -0.136. The minimum absolute atomic E-state index is 0.226. The van der Waals surface area contributed by atoms with Crippen LogP contribution in [-0.2, 0) is 6.18 Å². The molecular weight excluding hydrogens is 353 g/mol. The molecule has 2 aromatic rings. The van der Waals surface area contributed by atoms with Crippen LogP contribution < -0.4 is 15.4 Å². The van der Waals surface area contributed by atoms with Crippen LogP contribution in [0.5, 0.6) is 5.75 Å². The van der Waals surface area contributed by atoms with Crippen molar-refractivity contribution in [2.45, 2.75) is 13.1 Å². The van der Waals surface area contributed by atoms with Gasteiger partial charge in [0, 0.05) is 5.56 Å². The fourth-order valence-electron chi connectivity index (χ4n) is 2.04. The minimum Gasteiger partial charge on any atom is -0.494 e. The van der Waals surface area contributed by atoms with Crippen LogP contribution >= 0.6 is 12.2 Å². The van der Waals surface area contributed by atoms with E-state index in [4.69, 9.17) is 17.0 Å². The number of benzene rings is 2. The molecule has 4 nitrogen and oxygen atoms in total. The highest BCUT2D eigenvalue weighted by Crippen LogP contribution is 2.34. The predicted octanol–water partition coefficient (Wildman–Crippen LogP) is 4.23. The van der Waals surface area contributed by atoms with E-state index >= 15 is 0 Å². The minimum atomic E-state index is -4.53. The number of carbonyl (C=O) groups excluding carboxylic acids is 1. The average molecular weight is 368 g/mol. The molecule has 8 heteroatoms. The van der Waals surface area contributed by atoms with Crippen LogP contribution in [0.3, 0.4) is 0 Å². The number of amides is 1. The van der Waals surface area contributed by atoms with Crippen molar-refractivity contribution < 1.29 is 22.7 Å². The Labute approximate surface area is 148 Å². The van der Waals surface area contributed by atoms with Gasteiger partial charge in [0.25, 0.3) is 5.91 Å². The number of nitrogens with one attached hydrogen (secondary N) is 2. The SMILES string of the molecule is CCOc1ccc(C(=O)NC(=S)Nc2ccccc2C(F)(F)F)cc1. The quantitative estimate of drug-likeness (QED) is 0.793. The maximum absolute atomic E-state index is 12.9. The van der Waals surface area contributed by atoms with E-state index in [1.165, 1.54) is 30.3 Å². The molecule has 0 heterocycles. The Morgan fingerprint density at radius 2 is 1.76 bits per heavy atom. The van der Waals surface area contributed by atoms with Gasteiger partial charge in [-0.25, -0.2) is 0 Å². The van der Waals surface area contributed by atoms with Crippen molar-refractivity contribution in [2.75, 3.05) is 11.9 Å². The second-order valence-corrected chi connectivity index (χ2v) is 5.32. The van der Waals surface area contributed by atoms with E-state index in [1.54, 1.807) is 12.1 Å². The number of para-hydroxylation sites is 1.